The molecule has 1 fully saturated rings. The first-order chi connectivity index (χ1) is 8.58. The number of amides is 1. The van der Waals surface area contributed by atoms with Crippen molar-refractivity contribution in [1.82, 2.24) is 0 Å². The predicted molar refractivity (Wildman–Crippen MR) is 69.4 cm³/mol. The molecule has 0 saturated heterocycles. The van der Waals surface area contributed by atoms with Gasteiger partial charge in [0.25, 0.3) is 0 Å². The summed E-state index contributed by atoms with van der Waals surface area (Å²) in [6, 6.07) is 5.90. The van der Waals surface area contributed by atoms with Gasteiger partial charge >= 0.3 is 5.97 Å². The molecule has 2 unspecified atom stereocenters. The lowest BCUT2D eigenvalue weighted by Crippen LogP contribution is -2.31. The summed E-state index contributed by atoms with van der Waals surface area (Å²) in [6.07, 6.45) is 1.33. The molecule has 1 aromatic rings. The average molecular weight is 310 g/mol. The van der Waals surface area contributed by atoms with Crippen LogP contribution >= 0.6 is 15.9 Å². The van der Waals surface area contributed by atoms with E-state index in [1.807, 2.05) is 18.2 Å². The Morgan fingerprint density at radius 1 is 1.33 bits per heavy atom. The van der Waals surface area contributed by atoms with Crippen molar-refractivity contribution in [2.45, 2.75) is 12.8 Å². The predicted octanol–water partition coefficient (Wildman–Crippen LogP) is 2.06. The van der Waals surface area contributed by atoms with Gasteiger partial charge in [-0.3, -0.25) is 9.59 Å². The quantitative estimate of drug-likeness (QED) is 0.909. The molecule has 5 heteroatoms. The van der Waals surface area contributed by atoms with Gasteiger partial charge < -0.3 is 10.0 Å². The Kier molecular flexibility index (Phi) is 2.66. The largest absolute Gasteiger partial charge is 0.481 e. The minimum atomic E-state index is -0.859. The first-order valence-corrected chi connectivity index (χ1v) is 6.70. The standard InChI is InChI=1S/C13H12BrNO3/c14-8-2-1-7-3-4-15(11(7)5-8)12(16)9-6-10(9)13(17)18/h1-2,5,9-10H,3-4,6H2,(H,17,18). The number of nitrogens with zero attached hydrogens (tertiary/aromatic N) is 1. The van der Waals surface area contributed by atoms with Crippen LogP contribution in [-0.4, -0.2) is 23.5 Å². The topological polar surface area (TPSA) is 57.6 Å². The van der Waals surface area contributed by atoms with E-state index in [9.17, 15) is 9.59 Å². The van der Waals surface area contributed by atoms with Gasteiger partial charge in [-0.05, 0) is 30.5 Å². The molecule has 18 heavy (non-hydrogen) atoms. The summed E-state index contributed by atoms with van der Waals surface area (Å²) >= 11 is 3.40. The molecule has 2 aliphatic rings. The molecule has 1 aromatic carbocycles. The molecule has 0 radical (unpaired) electrons. The lowest BCUT2D eigenvalue weighted by atomic mass is 10.2. The number of halogens is 1. The Bertz CT molecular complexity index is 543. The summed E-state index contributed by atoms with van der Waals surface area (Å²) in [5.74, 6) is -1.71. The Balaban J connectivity index is 1.82. The van der Waals surface area contributed by atoms with E-state index < -0.39 is 11.9 Å². The van der Waals surface area contributed by atoms with E-state index in [2.05, 4.69) is 15.9 Å². The van der Waals surface area contributed by atoms with Gasteiger partial charge in [0.15, 0.2) is 0 Å². The van der Waals surface area contributed by atoms with E-state index in [1.165, 1.54) is 0 Å². The highest BCUT2D eigenvalue weighted by molar-refractivity contribution is 9.10. The van der Waals surface area contributed by atoms with Gasteiger partial charge in [0.2, 0.25) is 5.91 Å². The Morgan fingerprint density at radius 2 is 2.11 bits per heavy atom. The third-order valence-electron chi connectivity index (χ3n) is 3.63. The maximum Gasteiger partial charge on any atom is 0.307 e. The highest BCUT2D eigenvalue weighted by Crippen LogP contribution is 2.42. The third-order valence-corrected chi connectivity index (χ3v) is 4.13. The van der Waals surface area contributed by atoms with Gasteiger partial charge in [-0.25, -0.2) is 0 Å². The number of benzene rings is 1. The fraction of sp³-hybridized carbons (Fsp3) is 0.385. The highest BCUT2D eigenvalue weighted by atomic mass is 79.9. The SMILES string of the molecule is O=C(O)C1CC1C(=O)N1CCc2ccc(Br)cc21. The molecule has 4 nitrogen and oxygen atoms in total. The highest BCUT2D eigenvalue weighted by Gasteiger charge is 2.50. The van der Waals surface area contributed by atoms with Crippen LogP contribution in [0.5, 0.6) is 0 Å². The van der Waals surface area contributed by atoms with Gasteiger partial charge in [0.05, 0.1) is 11.8 Å². The molecule has 3 rings (SSSR count). The molecule has 0 aromatic heterocycles. The van der Waals surface area contributed by atoms with E-state index in [-0.39, 0.29) is 11.8 Å². The van der Waals surface area contributed by atoms with E-state index in [0.717, 1.165) is 22.1 Å². The van der Waals surface area contributed by atoms with Gasteiger partial charge in [0.1, 0.15) is 0 Å². The number of carbonyl (C=O) groups excluding carboxylic acids is 1. The monoisotopic (exact) mass is 309 g/mol. The van der Waals surface area contributed by atoms with Crippen LogP contribution in [0, 0.1) is 11.8 Å². The zero-order chi connectivity index (χ0) is 12.9. The van der Waals surface area contributed by atoms with E-state index in [0.29, 0.717) is 13.0 Å². The lowest BCUT2D eigenvalue weighted by molar-refractivity contribution is -0.140. The van der Waals surface area contributed by atoms with Crippen molar-refractivity contribution in [3.05, 3.63) is 28.2 Å². The molecule has 1 amide bonds. The normalized spacial score (nSPS) is 24.8. The number of carbonyl (C=O) groups is 2. The zero-order valence-corrected chi connectivity index (χ0v) is 11.2. The van der Waals surface area contributed by atoms with Crippen molar-refractivity contribution in [2.75, 3.05) is 11.4 Å². The van der Waals surface area contributed by atoms with Crippen molar-refractivity contribution in [2.24, 2.45) is 11.8 Å². The molecule has 94 valence electrons. The molecule has 2 atom stereocenters. The second kappa shape index (κ2) is 4.09. The number of anilines is 1. The molecular formula is C13H12BrNO3. The molecule has 0 bridgehead atoms. The average Bonchev–Trinajstić information content (AvgIpc) is 3.03. The van der Waals surface area contributed by atoms with E-state index in [4.69, 9.17) is 5.11 Å². The second-order valence-corrected chi connectivity index (χ2v) is 5.72. The summed E-state index contributed by atoms with van der Waals surface area (Å²) in [6.45, 7) is 0.660. The van der Waals surface area contributed by atoms with Gasteiger partial charge in [-0.2, -0.15) is 0 Å². The minimum Gasteiger partial charge on any atom is -0.481 e. The Labute approximate surface area is 113 Å². The number of fused-ring (bicyclic) bond motifs is 1. The van der Waals surface area contributed by atoms with Crippen molar-refractivity contribution in [3.8, 4) is 0 Å². The maximum absolute atomic E-state index is 12.2. The fourth-order valence-electron chi connectivity index (χ4n) is 2.52. The number of aliphatic carboxylic acids is 1. The smallest absolute Gasteiger partial charge is 0.307 e. The molecule has 1 saturated carbocycles. The summed E-state index contributed by atoms with van der Waals surface area (Å²) in [4.78, 5) is 24.8. The number of hydrogen-bond acceptors (Lipinski definition) is 2. The Hall–Kier alpha value is -1.36. The molecule has 0 spiro atoms. The summed E-state index contributed by atoms with van der Waals surface area (Å²) in [7, 11) is 0. The number of rotatable bonds is 2. The summed E-state index contributed by atoms with van der Waals surface area (Å²) in [5, 5.41) is 8.88. The van der Waals surface area contributed by atoms with Gasteiger partial charge in [-0.1, -0.05) is 22.0 Å². The van der Waals surface area contributed by atoms with E-state index >= 15 is 0 Å². The fourth-order valence-corrected chi connectivity index (χ4v) is 2.87. The van der Waals surface area contributed by atoms with Crippen LogP contribution in [0.15, 0.2) is 22.7 Å². The molecule has 1 aliphatic heterocycles. The molecule has 1 N–H and O–H groups in total. The van der Waals surface area contributed by atoms with E-state index in [1.54, 1.807) is 4.90 Å². The first kappa shape index (κ1) is 11.7. The molecule has 1 aliphatic carbocycles. The Morgan fingerprint density at radius 3 is 2.78 bits per heavy atom. The lowest BCUT2D eigenvalue weighted by Gasteiger charge is -2.17. The van der Waals surface area contributed by atoms with Crippen LogP contribution in [0.1, 0.15) is 12.0 Å². The third kappa shape index (κ3) is 1.82. The van der Waals surface area contributed by atoms with Crippen LogP contribution in [0.2, 0.25) is 0 Å². The number of carboxylic acids is 1. The summed E-state index contributed by atoms with van der Waals surface area (Å²) in [5.41, 5.74) is 2.07. The van der Waals surface area contributed by atoms with Crippen LogP contribution in [0.25, 0.3) is 0 Å². The van der Waals surface area contributed by atoms with Crippen molar-refractivity contribution < 1.29 is 14.7 Å². The minimum absolute atomic E-state index is 0.0424. The van der Waals surface area contributed by atoms with Crippen LogP contribution in [0.3, 0.4) is 0 Å². The van der Waals surface area contributed by atoms with Gasteiger partial charge in [0, 0.05) is 16.7 Å². The van der Waals surface area contributed by atoms with Gasteiger partial charge in [-0.15, -0.1) is 0 Å². The van der Waals surface area contributed by atoms with Crippen LogP contribution in [0.4, 0.5) is 5.69 Å². The molecule has 1 heterocycles. The number of carboxylic acid groups (broad SMARTS) is 1. The maximum atomic E-state index is 12.2. The second-order valence-electron chi connectivity index (χ2n) is 4.80. The van der Waals surface area contributed by atoms with Crippen molar-refractivity contribution in [1.29, 1.82) is 0 Å². The van der Waals surface area contributed by atoms with Crippen molar-refractivity contribution >= 4 is 33.5 Å². The number of hydrogen-bond donors (Lipinski definition) is 1. The van der Waals surface area contributed by atoms with Crippen molar-refractivity contribution in [3.63, 3.8) is 0 Å². The summed E-state index contributed by atoms with van der Waals surface area (Å²) < 4.78 is 0.937. The zero-order valence-electron chi connectivity index (χ0n) is 9.60. The first-order valence-electron chi connectivity index (χ1n) is 5.90. The molecular weight excluding hydrogens is 298 g/mol. The van der Waals surface area contributed by atoms with Crippen LogP contribution in [-0.2, 0) is 16.0 Å². The van der Waals surface area contributed by atoms with Crippen LogP contribution < -0.4 is 4.90 Å².